The number of nitrogens with one attached hydrogen (secondary N) is 2. The fraction of sp³-hybridized carbons (Fsp3) is 0.900. The Balaban J connectivity index is 0.00000128. The highest BCUT2D eigenvalue weighted by molar-refractivity contribution is 5.85. The fourth-order valence-corrected chi connectivity index (χ4v) is 2.14. The van der Waals surface area contributed by atoms with Crippen molar-refractivity contribution in [3.05, 3.63) is 0 Å². The molecule has 1 amide bonds. The minimum Gasteiger partial charge on any atom is -0.352 e. The van der Waals surface area contributed by atoms with Gasteiger partial charge in [0.2, 0.25) is 11.8 Å². The third-order valence-corrected chi connectivity index (χ3v) is 3.10. The van der Waals surface area contributed by atoms with Crippen LogP contribution in [0.4, 0.5) is 8.78 Å². The van der Waals surface area contributed by atoms with Gasteiger partial charge in [0.15, 0.2) is 0 Å². The maximum absolute atomic E-state index is 12.5. The summed E-state index contributed by atoms with van der Waals surface area (Å²) in [6, 6.07) is 0.125. The summed E-state index contributed by atoms with van der Waals surface area (Å²) in [7, 11) is 0. The van der Waals surface area contributed by atoms with Gasteiger partial charge in [-0.2, -0.15) is 0 Å². The lowest BCUT2D eigenvalue weighted by Gasteiger charge is -2.35. The third kappa shape index (κ3) is 3.28. The van der Waals surface area contributed by atoms with Crippen LogP contribution in [0.15, 0.2) is 0 Å². The van der Waals surface area contributed by atoms with Crippen LogP contribution >= 0.6 is 12.4 Å². The summed E-state index contributed by atoms with van der Waals surface area (Å²) in [5.41, 5.74) is 0. The van der Waals surface area contributed by atoms with Crippen molar-refractivity contribution >= 4 is 18.3 Å². The lowest BCUT2D eigenvalue weighted by atomic mass is 9.80. The Kier molecular flexibility index (Phi) is 4.50. The Hall–Kier alpha value is -0.420. The van der Waals surface area contributed by atoms with E-state index in [1.54, 1.807) is 0 Å². The summed E-state index contributed by atoms with van der Waals surface area (Å²) in [5, 5.41) is 5.99. The van der Waals surface area contributed by atoms with Crippen LogP contribution in [0.3, 0.4) is 0 Å². The van der Waals surface area contributed by atoms with Crippen LogP contribution in [-0.4, -0.2) is 31.0 Å². The predicted octanol–water partition coefficient (Wildman–Crippen LogP) is 1.32. The first kappa shape index (κ1) is 13.6. The molecule has 0 radical (unpaired) electrons. The zero-order valence-corrected chi connectivity index (χ0v) is 9.79. The average molecular weight is 255 g/mol. The molecule has 6 heteroatoms. The molecule has 2 N–H and O–H groups in total. The number of piperidine rings is 1. The van der Waals surface area contributed by atoms with Crippen molar-refractivity contribution in [3.63, 3.8) is 0 Å². The van der Waals surface area contributed by atoms with E-state index in [0.717, 1.165) is 25.9 Å². The highest BCUT2D eigenvalue weighted by Crippen LogP contribution is 2.42. The molecule has 2 rings (SSSR count). The first-order chi connectivity index (χ1) is 7.07. The summed E-state index contributed by atoms with van der Waals surface area (Å²) in [4.78, 5) is 11.5. The largest absolute Gasteiger partial charge is 0.352 e. The fourth-order valence-electron chi connectivity index (χ4n) is 2.14. The molecule has 1 atom stereocenters. The molecule has 1 aliphatic heterocycles. The van der Waals surface area contributed by atoms with E-state index in [2.05, 4.69) is 10.6 Å². The number of halogens is 3. The Morgan fingerprint density at radius 2 is 2.06 bits per heavy atom. The van der Waals surface area contributed by atoms with E-state index in [1.165, 1.54) is 0 Å². The number of rotatable bonds is 2. The molecular formula is C10H17ClF2N2O. The maximum Gasteiger partial charge on any atom is 0.249 e. The highest BCUT2D eigenvalue weighted by atomic mass is 35.5. The number of amides is 1. The smallest absolute Gasteiger partial charge is 0.249 e. The number of hydrogen-bond donors (Lipinski definition) is 2. The molecule has 0 aromatic rings. The average Bonchev–Trinajstić information content (AvgIpc) is 2.15. The van der Waals surface area contributed by atoms with Gasteiger partial charge < -0.3 is 10.6 Å². The van der Waals surface area contributed by atoms with E-state index in [4.69, 9.17) is 0 Å². The molecule has 0 unspecified atom stereocenters. The van der Waals surface area contributed by atoms with Crippen LogP contribution in [0, 0.1) is 5.92 Å². The zero-order chi connectivity index (χ0) is 10.9. The first-order valence-electron chi connectivity index (χ1n) is 5.46. The van der Waals surface area contributed by atoms with Gasteiger partial charge in [0.1, 0.15) is 0 Å². The van der Waals surface area contributed by atoms with Gasteiger partial charge in [-0.3, -0.25) is 4.79 Å². The van der Waals surface area contributed by atoms with Crippen LogP contribution in [0.2, 0.25) is 0 Å². The SMILES string of the molecule is Cl.O=C(N[C@H]1CCCNC1)C1CC(F)(F)C1. The molecular weight excluding hydrogens is 238 g/mol. The Bertz CT molecular complexity index is 249. The monoisotopic (exact) mass is 254 g/mol. The van der Waals surface area contributed by atoms with Crippen LogP contribution in [-0.2, 0) is 4.79 Å². The summed E-state index contributed by atoms with van der Waals surface area (Å²) in [6.45, 7) is 1.74. The lowest BCUT2D eigenvalue weighted by molar-refractivity contribution is -0.150. The number of carbonyl (C=O) groups excluding carboxylic acids is 1. The molecule has 3 nitrogen and oxygen atoms in total. The second kappa shape index (κ2) is 5.27. The maximum atomic E-state index is 12.5. The van der Waals surface area contributed by atoms with Gasteiger partial charge in [-0.05, 0) is 19.4 Å². The molecule has 16 heavy (non-hydrogen) atoms. The minimum atomic E-state index is -2.60. The van der Waals surface area contributed by atoms with Gasteiger partial charge in [-0.15, -0.1) is 12.4 Å². The molecule has 1 aliphatic carbocycles. The molecule has 1 saturated carbocycles. The Labute approximate surface area is 99.8 Å². The van der Waals surface area contributed by atoms with Gasteiger partial charge in [0, 0.05) is 31.3 Å². The van der Waals surface area contributed by atoms with E-state index >= 15 is 0 Å². The standard InChI is InChI=1S/C10H16F2N2O.ClH/c11-10(12)4-7(5-10)9(15)14-8-2-1-3-13-6-8;/h7-8,13H,1-6H2,(H,14,15);1H/t8-;/m0./s1. The second-order valence-electron chi connectivity index (χ2n) is 4.51. The third-order valence-electron chi connectivity index (χ3n) is 3.10. The number of hydrogen-bond acceptors (Lipinski definition) is 2. The Morgan fingerprint density at radius 1 is 1.38 bits per heavy atom. The van der Waals surface area contributed by atoms with E-state index in [0.29, 0.717) is 0 Å². The van der Waals surface area contributed by atoms with Crippen molar-refractivity contribution in [1.29, 1.82) is 0 Å². The van der Waals surface area contributed by atoms with Crippen molar-refractivity contribution in [2.75, 3.05) is 13.1 Å². The van der Waals surface area contributed by atoms with Crippen molar-refractivity contribution < 1.29 is 13.6 Å². The molecule has 2 aliphatic rings. The van der Waals surface area contributed by atoms with Gasteiger partial charge >= 0.3 is 0 Å². The summed E-state index contributed by atoms with van der Waals surface area (Å²) < 4.78 is 25.1. The molecule has 1 saturated heterocycles. The molecule has 1 heterocycles. The predicted molar refractivity (Wildman–Crippen MR) is 59.0 cm³/mol. The van der Waals surface area contributed by atoms with Gasteiger partial charge in [-0.25, -0.2) is 8.78 Å². The number of alkyl halides is 2. The zero-order valence-electron chi connectivity index (χ0n) is 8.97. The molecule has 94 valence electrons. The summed E-state index contributed by atoms with van der Waals surface area (Å²) >= 11 is 0. The second-order valence-corrected chi connectivity index (χ2v) is 4.51. The van der Waals surface area contributed by atoms with Crippen LogP contribution in [0.5, 0.6) is 0 Å². The summed E-state index contributed by atoms with van der Waals surface area (Å²) in [6.07, 6.45) is 1.42. The van der Waals surface area contributed by atoms with E-state index in [9.17, 15) is 13.6 Å². The van der Waals surface area contributed by atoms with E-state index in [-0.39, 0.29) is 37.2 Å². The topological polar surface area (TPSA) is 41.1 Å². The Morgan fingerprint density at radius 3 is 2.56 bits per heavy atom. The highest BCUT2D eigenvalue weighted by Gasteiger charge is 2.48. The normalized spacial score (nSPS) is 28.8. The minimum absolute atomic E-state index is 0. The van der Waals surface area contributed by atoms with Crippen molar-refractivity contribution in [3.8, 4) is 0 Å². The van der Waals surface area contributed by atoms with Gasteiger partial charge in [0.25, 0.3) is 0 Å². The van der Waals surface area contributed by atoms with E-state index < -0.39 is 11.8 Å². The lowest BCUT2D eigenvalue weighted by Crippen LogP contribution is -2.51. The molecule has 0 spiro atoms. The first-order valence-corrected chi connectivity index (χ1v) is 5.46. The van der Waals surface area contributed by atoms with E-state index in [1.807, 2.05) is 0 Å². The molecule has 0 aromatic heterocycles. The molecule has 0 aromatic carbocycles. The van der Waals surface area contributed by atoms with Crippen LogP contribution in [0.25, 0.3) is 0 Å². The number of carbonyl (C=O) groups is 1. The van der Waals surface area contributed by atoms with Gasteiger partial charge in [-0.1, -0.05) is 0 Å². The van der Waals surface area contributed by atoms with Crippen molar-refractivity contribution in [2.45, 2.75) is 37.6 Å². The quantitative estimate of drug-likeness (QED) is 0.781. The van der Waals surface area contributed by atoms with Crippen LogP contribution in [0.1, 0.15) is 25.7 Å². The van der Waals surface area contributed by atoms with Crippen molar-refractivity contribution in [1.82, 2.24) is 10.6 Å². The van der Waals surface area contributed by atoms with Crippen molar-refractivity contribution in [2.24, 2.45) is 5.92 Å². The van der Waals surface area contributed by atoms with Gasteiger partial charge in [0.05, 0.1) is 0 Å². The molecule has 0 bridgehead atoms. The van der Waals surface area contributed by atoms with Crippen LogP contribution < -0.4 is 10.6 Å². The summed E-state index contributed by atoms with van der Waals surface area (Å²) in [5.74, 6) is -3.27. The molecule has 2 fully saturated rings.